The van der Waals surface area contributed by atoms with Gasteiger partial charge in [-0.25, -0.2) is 0 Å². The van der Waals surface area contributed by atoms with E-state index in [9.17, 15) is 0 Å². The van der Waals surface area contributed by atoms with E-state index in [0.717, 1.165) is 18.0 Å². The molecule has 1 heterocycles. The fourth-order valence-electron chi connectivity index (χ4n) is 2.82. The van der Waals surface area contributed by atoms with Gasteiger partial charge in [-0.3, -0.25) is 4.90 Å². The highest BCUT2D eigenvalue weighted by Gasteiger charge is 2.29. The highest BCUT2D eigenvalue weighted by atomic mass is 15.2. The number of hydrogen-bond donors (Lipinski definition) is 1. The van der Waals surface area contributed by atoms with Crippen molar-refractivity contribution in [3.63, 3.8) is 0 Å². The molecule has 1 saturated carbocycles. The molecule has 2 heteroatoms. The van der Waals surface area contributed by atoms with Crippen LogP contribution in [0.2, 0.25) is 0 Å². The quantitative estimate of drug-likeness (QED) is 0.741. The molecule has 1 aliphatic heterocycles. The van der Waals surface area contributed by atoms with Crippen molar-refractivity contribution < 1.29 is 0 Å². The fraction of sp³-hybridized carbons (Fsp3) is 1.00. The lowest BCUT2D eigenvalue weighted by Gasteiger charge is -2.43. The molecule has 1 saturated heterocycles. The third-order valence-electron chi connectivity index (χ3n) is 4.31. The van der Waals surface area contributed by atoms with Gasteiger partial charge in [0, 0.05) is 25.2 Å². The van der Waals surface area contributed by atoms with Crippen LogP contribution in [0.5, 0.6) is 0 Å². The summed E-state index contributed by atoms with van der Waals surface area (Å²) in [7, 11) is 2.32. The van der Waals surface area contributed by atoms with Crippen molar-refractivity contribution in [2.75, 3.05) is 20.1 Å². The van der Waals surface area contributed by atoms with Crippen LogP contribution in [0.25, 0.3) is 0 Å². The molecule has 1 aliphatic carbocycles. The Kier molecular flexibility index (Phi) is 3.45. The van der Waals surface area contributed by atoms with Gasteiger partial charge in [-0.2, -0.15) is 0 Å². The van der Waals surface area contributed by atoms with Crippen LogP contribution in [0.15, 0.2) is 0 Å². The first-order chi connectivity index (χ1) is 6.81. The Balaban J connectivity index is 1.76. The average Bonchev–Trinajstić information content (AvgIpc) is 2.15. The van der Waals surface area contributed by atoms with Crippen LogP contribution in [-0.2, 0) is 0 Å². The number of rotatable bonds is 3. The molecule has 0 atom stereocenters. The average molecular weight is 196 g/mol. The highest BCUT2D eigenvalue weighted by molar-refractivity contribution is 4.88. The summed E-state index contributed by atoms with van der Waals surface area (Å²) in [5, 5.41) is 3.36. The molecule has 14 heavy (non-hydrogen) atoms. The molecule has 0 spiro atoms. The lowest BCUT2D eigenvalue weighted by atomic mass is 9.83. The molecular weight excluding hydrogens is 172 g/mol. The molecule has 0 aromatic rings. The molecule has 0 aromatic carbocycles. The monoisotopic (exact) mass is 196 g/mol. The largest absolute Gasteiger partial charge is 0.314 e. The van der Waals surface area contributed by atoms with Crippen molar-refractivity contribution in [2.24, 2.45) is 5.92 Å². The maximum absolute atomic E-state index is 3.36. The standard InChI is InChI=1S/C12H24N2/c1-3-10-4-6-11(7-5-10)14(2)12-8-13-9-12/h10-13H,3-9H2,1-2H3. The molecule has 2 rings (SSSR count). The first-order valence-electron chi connectivity index (χ1n) is 6.24. The lowest BCUT2D eigenvalue weighted by molar-refractivity contribution is 0.0898. The van der Waals surface area contributed by atoms with E-state index in [1.165, 1.54) is 45.2 Å². The van der Waals surface area contributed by atoms with Gasteiger partial charge >= 0.3 is 0 Å². The van der Waals surface area contributed by atoms with Crippen LogP contribution >= 0.6 is 0 Å². The van der Waals surface area contributed by atoms with Gasteiger partial charge in [0.2, 0.25) is 0 Å². The molecule has 0 radical (unpaired) electrons. The third-order valence-corrected chi connectivity index (χ3v) is 4.31. The van der Waals surface area contributed by atoms with Gasteiger partial charge in [0.05, 0.1) is 0 Å². The van der Waals surface area contributed by atoms with Crippen molar-refractivity contribution in [3.05, 3.63) is 0 Å². The van der Waals surface area contributed by atoms with Crippen LogP contribution in [0.4, 0.5) is 0 Å². The smallest absolute Gasteiger partial charge is 0.0345 e. The van der Waals surface area contributed by atoms with E-state index in [1.54, 1.807) is 0 Å². The van der Waals surface area contributed by atoms with Gasteiger partial charge in [-0.15, -0.1) is 0 Å². The van der Waals surface area contributed by atoms with E-state index in [4.69, 9.17) is 0 Å². The molecule has 0 aromatic heterocycles. The Morgan fingerprint density at radius 2 is 1.71 bits per heavy atom. The Hall–Kier alpha value is -0.0800. The van der Waals surface area contributed by atoms with E-state index in [-0.39, 0.29) is 0 Å². The summed E-state index contributed by atoms with van der Waals surface area (Å²) < 4.78 is 0. The Morgan fingerprint density at radius 3 is 2.14 bits per heavy atom. The zero-order valence-corrected chi connectivity index (χ0v) is 9.63. The molecule has 2 aliphatic rings. The summed E-state index contributed by atoms with van der Waals surface area (Å²) in [4.78, 5) is 2.63. The molecule has 0 amide bonds. The topological polar surface area (TPSA) is 15.3 Å². The van der Waals surface area contributed by atoms with Crippen LogP contribution in [0, 0.1) is 5.92 Å². The Labute approximate surface area is 88.1 Å². The molecule has 0 bridgehead atoms. The maximum atomic E-state index is 3.36. The summed E-state index contributed by atoms with van der Waals surface area (Å²) in [6.45, 7) is 4.76. The van der Waals surface area contributed by atoms with Crippen LogP contribution in [0.3, 0.4) is 0 Å². The van der Waals surface area contributed by atoms with Crippen LogP contribution in [0.1, 0.15) is 39.0 Å². The van der Waals surface area contributed by atoms with Crippen molar-refractivity contribution in [1.82, 2.24) is 10.2 Å². The molecule has 82 valence electrons. The second-order valence-electron chi connectivity index (χ2n) is 5.06. The lowest BCUT2D eigenvalue weighted by Crippen LogP contribution is -2.58. The Morgan fingerprint density at radius 1 is 1.07 bits per heavy atom. The maximum Gasteiger partial charge on any atom is 0.0345 e. The zero-order valence-electron chi connectivity index (χ0n) is 9.63. The van der Waals surface area contributed by atoms with Gasteiger partial charge < -0.3 is 5.32 Å². The summed E-state index contributed by atoms with van der Waals surface area (Å²) in [6.07, 6.45) is 7.19. The third kappa shape index (κ3) is 2.12. The predicted molar refractivity (Wildman–Crippen MR) is 60.5 cm³/mol. The molecule has 2 nitrogen and oxygen atoms in total. The second kappa shape index (κ2) is 4.63. The van der Waals surface area contributed by atoms with E-state index in [1.807, 2.05) is 0 Å². The number of hydrogen-bond acceptors (Lipinski definition) is 2. The van der Waals surface area contributed by atoms with Gasteiger partial charge in [0.1, 0.15) is 0 Å². The zero-order chi connectivity index (χ0) is 9.97. The van der Waals surface area contributed by atoms with Crippen LogP contribution < -0.4 is 5.32 Å². The molecular formula is C12H24N2. The number of likely N-dealkylation sites (N-methyl/N-ethyl adjacent to an activating group) is 1. The normalized spacial score (nSPS) is 34.5. The highest BCUT2D eigenvalue weighted by Crippen LogP contribution is 2.29. The molecule has 1 N–H and O–H groups in total. The van der Waals surface area contributed by atoms with Crippen molar-refractivity contribution in [2.45, 2.75) is 51.1 Å². The van der Waals surface area contributed by atoms with Crippen molar-refractivity contribution in [3.8, 4) is 0 Å². The number of nitrogens with one attached hydrogen (secondary N) is 1. The minimum absolute atomic E-state index is 0.832. The van der Waals surface area contributed by atoms with Crippen LogP contribution in [-0.4, -0.2) is 37.1 Å². The van der Waals surface area contributed by atoms with Gasteiger partial charge in [-0.05, 0) is 38.6 Å². The van der Waals surface area contributed by atoms with E-state index < -0.39 is 0 Å². The first-order valence-corrected chi connectivity index (χ1v) is 6.24. The first kappa shape index (κ1) is 10.4. The summed E-state index contributed by atoms with van der Waals surface area (Å²) in [6, 6.07) is 1.71. The van der Waals surface area contributed by atoms with Crippen molar-refractivity contribution >= 4 is 0 Å². The summed E-state index contributed by atoms with van der Waals surface area (Å²) in [5.41, 5.74) is 0. The van der Waals surface area contributed by atoms with E-state index in [2.05, 4.69) is 24.2 Å². The second-order valence-corrected chi connectivity index (χ2v) is 5.06. The Bertz CT molecular complexity index is 169. The van der Waals surface area contributed by atoms with Gasteiger partial charge in [-0.1, -0.05) is 13.3 Å². The summed E-state index contributed by atoms with van der Waals surface area (Å²) in [5.74, 6) is 1.03. The minimum atomic E-state index is 0.832. The summed E-state index contributed by atoms with van der Waals surface area (Å²) >= 11 is 0. The van der Waals surface area contributed by atoms with Gasteiger partial charge in [0.15, 0.2) is 0 Å². The fourth-order valence-corrected chi connectivity index (χ4v) is 2.82. The van der Waals surface area contributed by atoms with E-state index >= 15 is 0 Å². The van der Waals surface area contributed by atoms with Crippen molar-refractivity contribution in [1.29, 1.82) is 0 Å². The molecule has 0 unspecified atom stereocenters. The SMILES string of the molecule is CCC1CCC(N(C)C2CNC2)CC1. The predicted octanol–water partition coefficient (Wildman–Crippen LogP) is 1.86. The molecule has 2 fully saturated rings. The minimum Gasteiger partial charge on any atom is -0.314 e. The number of nitrogens with zero attached hydrogens (tertiary/aromatic N) is 1. The van der Waals surface area contributed by atoms with E-state index in [0.29, 0.717) is 0 Å². The van der Waals surface area contributed by atoms with Gasteiger partial charge in [0.25, 0.3) is 0 Å².